The molecule has 0 N–H and O–H groups in total. The Labute approximate surface area is 844 Å². The maximum atomic E-state index is 6.97. The maximum Gasteiger partial charge on any atom is 0.143 e. The van der Waals surface area contributed by atoms with E-state index in [1.54, 1.807) is 0 Å². The molecule has 3 heterocycles. The van der Waals surface area contributed by atoms with Crippen LogP contribution in [0.3, 0.4) is 0 Å². The molecule has 29 rings (SSSR count). The van der Waals surface area contributed by atoms with E-state index in [4.69, 9.17) is 13.6 Å². The van der Waals surface area contributed by atoms with Crippen molar-refractivity contribution in [2.75, 3.05) is 0 Å². The Morgan fingerprint density at radius 2 is 0.545 bits per heavy atom. The first-order valence-electron chi connectivity index (χ1n) is 51.4. The molecule has 2 atom stereocenters. The lowest BCUT2D eigenvalue weighted by molar-refractivity contribution is 0.270. The van der Waals surface area contributed by atoms with Gasteiger partial charge in [-0.3, -0.25) is 0 Å². The van der Waals surface area contributed by atoms with Gasteiger partial charge in [0.1, 0.15) is 34.2 Å². The Bertz CT molecular complexity index is 10100. The van der Waals surface area contributed by atoms with Gasteiger partial charge in [0.15, 0.2) is 0 Å². The number of allylic oxidation sites excluding steroid dienone is 2. The Hall–Kier alpha value is -16.7. The van der Waals surface area contributed by atoms with Crippen molar-refractivity contribution < 1.29 is 13.6 Å². The van der Waals surface area contributed by atoms with Gasteiger partial charge in [-0.1, -0.05) is 435 Å². The molecule has 145 heavy (non-hydrogen) atoms. The molecule has 1 aliphatic heterocycles. The first-order valence-corrected chi connectivity index (χ1v) is 51.4. The van der Waals surface area contributed by atoms with Crippen molar-refractivity contribution in [1.29, 1.82) is 0 Å². The lowest BCUT2D eigenvalue weighted by Crippen LogP contribution is -2.17. The first-order chi connectivity index (χ1) is 70.4. The van der Waals surface area contributed by atoms with Crippen LogP contribution in [0, 0.1) is 0 Å². The molecule has 3 nitrogen and oxygen atoms in total. The molecule has 0 saturated heterocycles. The van der Waals surface area contributed by atoms with Gasteiger partial charge in [0, 0.05) is 60.8 Å². The van der Waals surface area contributed by atoms with Gasteiger partial charge in [0.25, 0.3) is 0 Å². The largest absolute Gasteiger partial charge is 0.484 e. The van der Waals surface area contributed by atoms with Gasteiger partial charge in [0.05, 0.1) is 0 Å². The van der Waals surface area contributed by atoms with Gasteiger partial charge in [-0.05, 0) is 307 Å². The molecule has 0 radical (unpaired) electrons. The highest BCUT2D eigenvalue weighted by Crippen LogP contribution is 2.57. The molecular weight excluding hydrogens is 1750 g/mol. The normalized spacial score (nSPS) is 14.1. The van der Waals surface area contributed by atoms with Crippen molar-refractivity contribution in [1.82, 2.24) is 0 Å². The molecule has 1 aliphatic carbocycles. The third-order valence-electron chi connectivity index (χ3n) is 31.8. The molecular formula is C142H108O3. The van der Waals surface area contributed by atoms with Gasteiger partial charge in [-0.2, -0.15) is 0 Å². The van der Waals surface area contributed by atoms with Crippen LogP contribution in [0.2, 0.25) is 0 Å². The van der Waals surface area contributed by atoms with Crippen LogP contribution < -0.4 is 4.74 Å². The minimum absolute atomic E-state index is 0.00495. The molecule has 0 bridgehead atoms. The summed E-state index contributed by atoms with van der Waals surface area (Å²) >= 11 is 0. The highest BCUT2D eigenvalue weighted by atomic mass is 16.5. The smallest absolute Gasteiger partial charge is 0.143 e. The van der Waals surface area contributed by atoms with Crippen LogP contribution >= 0.6 is 0 Å². The maximum absolute atomic E-state index is 6.97. The molecule has 27 aromatic rings. The Balaban J connectivity index is 0.000000108. The summed E-state index contributed by atoms with van der Waals surface area (Å²) in [5.41, 5.74) is 27.4. The molecule has 0 fully saturated rings. The molecule has 2 aromatic heterocycles. The lowest BCUT2D eigenvalue weighted by atomic mass is 9.78. The molecule has 25 aromatic carbocycles. The fraction of sp³-hybridized carbons (Fsp3) is 0.127. The molecule has 0 amide bonds. The van der Waals surface area contributed by atoms with Crippen molar-refractivity contribution in [2.24, 2.45) is 0 Å². The summed E-state index contributed by atoms with van der Waals surface area (Å²) in [4.78, 5) is 0. The molecule has 3 heteroatoms. The number of hydrogen-bond acceptors (Lipinski definition) is 3. The predicted molar refractivity (Wildman–Crippen MR) is 622 cm³/mol. The topological polar surface area (TPSA) is 35.5 Å². The summed E-state index contributed by atoms with van der Waals surface area (Å²) in [7, 11) is 0. The van der Waals surface area contributed by atoms with E-state index in [9.17, 15) is 0 Å². The summed E-state index contributed by atoms with van der Waals surface area (Å²) in [6.07, 6.45) is 6.89. The number of para-hydroxylation sites is 4. The van der Waals surface area contributed by atoms with Crippen LogP contribution in [-0.4, -0.2) is 6.10 Å². The zero-order chi connectivity index (χ0) is 98.0. The Morgan fingerprint density at radius 1 is 0.207 bits per heavy atom. The van der Waals surface area contributed by atoms with E-state index in [0.29, 0.717) is 0 Å². The van der Waals surface area contributed by atoms with Crippen molar-refractivity contribution >= 4 is 189 Å². The number of hydrogen-bond donors (Lipinski definition) is 0. The van der Waals surface area contributed by atoms with Crippen molar-refractivity contribution in [3.63, 3.8) is 0 Å². The van der Waals surface area contributed by atoms with E-state index in [2.05, 4.69) is 508 Å². The predicted octanol–water partition coefficient (Wildman–Crippen LogP) is 40.4. The Morgan fingerprint density at radius 3 is 1.01 bits per heavy atom. The summed E-state index contributed by atoms with van der Waals surface area (Å²) in [5, 5.41) is 37.8. The van der Waals surface area contributed by atoms with Gasteiger partial charge in [0.2, 0.25) is 0 Å². The fourth-order valence-corrected chi connectivity index (χ4v) is 24.2. The molecule has 2 aliphatic rings. The van der Waals surface area contributed by atoms with Gasteiger partial charge in [-0.25, -0.2) is 0 Å². The van der Waals surface area contributed by atoms with Gasteiger partial charge >= 0.3 is 0 Å². The van der Waals surface area contributed by atoms with Crippen LogP contribution in [-0.2, 0) is 21.7 Å². The van der Waals surface area contributed by atoms with Gasteiger partial charge in [-0.15, -0.1) is 0 Å². The van der Waals surface area contributed by atoms with E-state index in [0.717, 1.165) is 66.3 Å². The van der Waals surface area contributed by atoms with E-state index < -0.39 is 0 Å². The summed E-state index contributed by atoms with van der Waals surface area (Å²) in [5.74, 6) is 1.11. The lowest BCUT2D eigenvalue weighted by Gasteiger charge is -2.25. The van der Waals surface area contributed by atoms with Crippen LogP contribution in [0.4, 0.5) is 0 Å². The monoisotopic (exact) mass is 1860 g/mol. The zero-order valence-corrected chi connectivity index (χ0v) is 83.8. The third kappa shape index (κ3) is 14.4. The van der Waals surface area contributed by atoms with E-state index >= 15 is 0 Å². The second kappa shape index (κ2) is 32.9. The minimum Gasteiger partial charge on any atom is -0.484 e. The summed E-state index contributed by atoms with van der Waals surface area (Å²) in [6.45, 7) is 27.7. The number of rotatable bonds is 7. The zero-order valence-electron chi connectivity index (χ0n) is 83.8. The fourth-order valence-electron chi connectivity index (χ4n) is 24.2. The average Bonchev–Trinajstić information content (AvgIpc) is 1.25. The van der Waals surface area contributed by atoms with Crippen LogP contribution in [0.5, 0.6) is 5.75 Å². The first kappa shape index (κ1) is 87.3. The second-order valence-corrected chi connectivity index (χ2v) is 44.8. The number of fused-ring (bicyclic) bond motifs is 16. The van der Waals surface area contributed by atoms with E-state index in [1.807, 2.05) is 0 Å². The SMILES string of the molecule is C1=CC2Oc3c(-c4ccc5ccc6cccc7ccc4c5c67)cc(-c4ccc5ccccc5c4)cc3C2C=C1c1ccc2ccccc2c1.CC(C)(C)c1ccc2c(-c3cccc4c3oc3ccccc34)c3cc(C(C)(C)C)ccc3c(-c3ccc4ccc5cccc6ccc3c4c56)c2c1.CC(C)(C)c1ccc2c(-c3cccc4c3oc3ccccc34)c3cc(C(C)(C)C)ccc3c(-c3ccc4ccccc4c3)c2c1. The Kier molecular flexibility index (Phi) is 19.8. The number of furan rings is 2. The standard InChI is InChI=1S/C50H40O.C48H30O.C44H38O/c1-49(2,3)32-22-26-38-41(27-32)46(36-24-20-31-18-17-29-11-9-12-30-19-23-35(36)45(31)44(29)30)37-25-21-33(50(4,5)6)28-42(37)47(38)40-15-10-14-39-34-13-7-8-16-43(34)51-48(39)40;1-3-8-34-24-36(16-12-29(34)6-1)38-20-23-45-42(26-38)44-28-39(37-17-13-30-7-2-4-9-35(30)25-37)27-43(48(44)49-45)40-21-18-33-15-14-31-10-5-11-32-19-22-41(40)47(33)46(31)32;1-43(2,3)30-21-23-34-37(25-30)40(29-19-18-27-12-7-8-13-28(27)24-29)33-22-20-31(44(4,5)6)26-38(33)41(34)36-16-11-15-35-32-14-9-10-17-39(32)45-42(35)36/h7-28H,1-6H3;1-28,42,45H;7-26H,1-6H3. The van der Waals surface area contributed by atoms with Crippen molar-refractivity contribution in [3.05, 3.63) is 458 Å². The summed E-state index contributed by atoms with van der Waals surface area (Å²) in [6, 6.07) is 151. The quantitative estimate of drug-likeness (QED) is 0.118. The number of benzene rings is 25. The van der Waals surface area contributed by atoms with Crippen LogP contribution in [0.25, 0.3) is 256 Å². The van der Waals surface area contributed by atoms with Crippen molar-refractivity contribution in [3.8, 4) is 72.5 Å². The van der Waals surface area contributed by atoms with Crippen LogP contribution in [0.15, 0.2) is 434 Å². The van der Waals surface area contributed by atoms with Crippen LogP contribution in [0.1, 0.15) is 122 Å². The summed E-state index contributed by atoms with van der Waals surface area (Å²) < 4.78 is 20.4. The van der Waals surface area contributed by atoms with E-state index in [1.165, 1.54) is 229 Å². The highest BCUT2D eigenvalue weighted by Gasteiger charge is 2.38. The highest BCUT2D eigenvalue weighted by molar-refractivity contribution is 6.32. The van der Waals surface area contributed by atoms with Gasteiger partial charge < -0.3 is 13.6 Å². The third-order valence-corrected chi connectivity index (χ3v) is 31.8. The van der Waals surface area contributed by atoms with Crippen molar-refractivity contribution in [2.45, 2.75) is 117 Å². The number of ether oxygens (including phenoxy) is 1. The molecule has 0 spiro atoms. The molecule has 694 valence electrons. The molecule has 2 unspecified atom stereocenters. The second-order valence-electron chi connectivity index (χ2n) is 44.8. The van der Waals surface area contributed by atoms with E-state index in [-0.39, 0.29) is 33.7 Å². The minimum atomic E-state index is -0.0513. The average molecular weight is 1860 g/mol. The molecule has 0 saturated carbocycles.